The highest BCUT2D eigenvalue weighted by Crippen LogP contribution is 2.33. The molecular formula is C20H25O2P. The molecule has 0 unspecified atom stereocenters. The van der Waals surface area contributed by atoms with Gasteiger partial charge in [0.1, 0.15) is 0 Å². The van der Waals surface area contributed by atoms with Gasteiger partial charge >= 0.3 is 5.97 Å². The Labute approximate surface area is 140 Å². The highest BCUT2D eigenvalue weighted by molar-refractivity contribution is 7.73. The Bertz CT molecular complexity index is 569. The third-order valence-corrected chi connectivity index (χ3v) is 6.59. The average molecular weight is 328 g/mol. The van der Waals surface area contributed by atoms with Gasteiger partial charge in [0.2, 0.25) is 0 Å². The maximum Gasteiger partial charge on any atom is 0.311 e. The fourth-order valence-corrected chi connectivity index (χ4v) is 4.34. The van der Waals surface area contributed by atoms with Crippen LogP contribution in [0.1, 0.15) is 27.2 Å². The second-order valence-electron chi connectivity index (χ2n) is 6.20. The molecule has 0 radical (unpaired) electrons. The lowest BCUT2D eigenvalue weighted by Gasteiger charge is -2.22. The van der Waals surface area contributed by atoms with Gasteiger partial charge in [0.15, 0.2) is 0 Å². The van der Waals surface area contributed by atoms with Crippen molar-refractivity contribution in [2.24, 2.45) is 5.41 Å². The third kappa shape index (κ3) is 4.91. The van der Waals surface area contributed by atoms with E-state index in [1.54, 1.807) is 0 Å². The molecule has 0 saturated heterocycles. The molecule has 0 bridgehead atoms. The monoisotopic (exact) mass is 328 g/mol. The summed E-state index contributed by atoms with van der Waals surface area (Å²) in [5.74, 6) is -0.101. The lowest BCUT2D eigenvalue weighted by atomic mass is 9.91. The minimum absolute atomic E-state index is 0.101. The Morgan fingerprint density at radius 3 is 1.87 bits per heavy atom. The summed E-state index contributed by atoms with van der Waals surface area (Å²) >= 11 is 0. The Kier molecular flexibility index (Phi) is 6.36. The zero-order valence-corrected chi connectivity index (χ0v) is 15.1. The summed E-state index contributed by atoms with van der Waals surface area (Å²) in [7, 11) is -0.499. The molecule has 2 aromatic carbocycles. The largest absolute Gasteiger partial charge is 0.465 e. The number of benzene rings is 2. The van der Waals surface area contributed by atoms with E-state index in [0.29, 0.717) is 6.61 Å². The molecule has 0 aromatic heterocycles. The molecule has 23 heavy (non-hydrogen) atoms. The van der Waals surface area contributed by atoms with Crippen molar-refractivity contribution < 1.29 is 9.53 Å². The number of hydrogen-bond acceptors (Lipinski definition) is 2. The van der Waals surface area contributed by atoms with Crippen molar-refractivity contribution in [3.8, 4) is 0 Å². The zero-order valence-electron chi connectivity index (χ0n) is 14.2. The summed E-state index contributed by atoms with van der Waals surface area (Å²) < 4.78 is 5.55. The molecule has 0 heterocycles. The van der Waals surface area contributed by atoms with E-state index in [1.807, 2.05) is 32.9 Å². The number of rotatable bonds is 7. The van der Waals surface area contributed by atoms with E-state index in [0.717, 1.165) is 12.6 Å². The molecule has 0 N–H and O–H groups in total. The Morgan fingerprint density at radius 2 is 1.43 bits per heavy atom. The van der Waals surface area contributed by atoms with Gasteiger partial charge in [-0.1, -0.05) is 67.6 Å². The smallest absolute Gasteiger partial charge is 0.311 e. The molecule has 0 aliphatic rings. The van der Waals surface area contributed by atoms with Crippen LogP contribution >= 0.6 is 7.92 Å². The van der Waals surface area contributed by atoms with Gasteiger partial charge in [-0.05, 0) is 38.8 Å². The first-order valence-electron chi connectivity index (χ1n) is 8.09. The van der Waals surface area contributed by atoms with Crippen molar-refractivity contribution in [1.29, 1.82) is 0 Å². The van der Waals surface area contributed by atoms with E-state index in [2.05, 4.69) is 48.5 Å². The van der Waals surface area contributed by atoms with Crippen molar-refractivity contribution in [1.82, 2.24) is 0 Å². The number of ether oxygens (including phenoxy) is 1. The molecule has 2 rings (SSSR count). The van der Waals surface area contributed by atoms with Crippen LogP contribution in [0, 0.1) is 5.41 Å². The molecule has 122 valence electrons. The summed E-state index contributed by atoms with van der Waals surface area (Å²) in [6.45, 7) is 6.36. The normalized spacial score (nSPS) is 11.5. The molecule has 0 amide bonds. The Hall–Kier alpha value is -1.66. The second-order valence-corrected chi connectivity index (χ2v) is 8.53. The van der Waals surface area contributed by atoms with Crippen molar-refractivity contribution >= 4 is 24.5 Å². The number of esters is 1. The lowest BCUT2D eigenvalue weighted by Crippen LogP contribution is -2.27. The maximum absolute atomic E-state index is 12.1. The van der Waals surface area contributed by atoms with Crippen LogP contribution < -0.4 is 10.6 Å². The third-order valence-electron chi connectivity index (χ3n) is 4.12. The molecule has 2 nitrogen and oxygen atoms in total. The summed E-state index contributed by atoms with van der Waals surface area (Å²) in [5, 5.41) is 2.64. The van der Waals surface area contributed by atoms with Gasteiger partial charge < -0.3 is 4.74 Å². The van der Waals surface area contributed by atoms with E-state index < -0.39 is 13.3 Å². The topological polar surface area (TPSA) is 26.3 Å². The standard InChI is InChI=1S/C20H25O2P/c1-4-20(2,3)19(21)22-15-16-23(17-11-7-5-8-12-17)18-13-9-6-10-14-18/h5-14H,4,15-16H2,1-3H3. The van der Waals surface area contributed by atoms with Gasteiger partial charge in [-0.15, -0.1) is 0 Å². The fourth-order valence-electron chi connectivity index (χ4n) is 2.19. The first-order valence-corrected chi connectivity index (χ1v) is 9.62. The van der Waals surface area contributed by atoms with Gasteiger partial charge in [-0.2, -0.15) is 0 Å². The molecule has 3 heteroatoms. The molecule has 0 aliphatic heterocycles. The quantitative estimate of drug-likeness (QED) is 0.565. The molecule has 2 aromatic rings. The van der Waals surface area contributed by atoms with E-state index in [4.69, 9.17) is 4.74 Å². The minimum Gasteiger partial charge on any atom is -0.465 e. The number of hydrogen-bond donors (Lipinski definition) is 0. The summed E-state index contributed by atoms with van der Waals surface area (Å²) in [4.78, 5) is 12.1. The van der Waals surface area contributed by atoms with Gasteiger partial charge in [-0.25, -0.2) is 0 Å². The first kappa shape index (κ1) is 17.7. The zero-order chi connectivity index (χ0) is 16.7. The number of carbonyl (C=O) groups excluding carboxylic acids is 1. The number of carbonyl (C=O) groups is 1. The predicted molar refractivity (Wildman–Crippen MR) is 99.0 cm³/mol. The highest BCUT2D eigenvalue weighted by Gasteiger charge is 2.27. The summed E-state index contributed by atoms with van der Waals surface area (Å²) in [5.41, 5.74) is -0.401. The van der Waals surface area contributed by atoms with Crippen LogP contribution in [0.15, 0.2) is 60.7 Å². The Morgan fingerprint density at radius 1 is 0.957 bits per heavy atom. The van der Waals surface area contributed by atoms with Gasteiger partial charge in [0, 0.05) is 6.16 Å². The van der Waals surface area contributed by atoms with E-state index in [-0.39, 0.29) is 5.97 Å². The minimum atomic E-state index is -0.499. The summed E-state index contributed by atoms with van der Waals surface area (Å²) in [6.07, 6.45) is 1.65. The van der Waals surface area contributed by atoms with E-state index in [1.165, 1.54) is 10.6 Å². The van der Waals surface area contributed by atoms with Crippen molar-refractivity contribution in [3.63, 3.8) is 0 Å². The molecule has 0 atom stereocenters. The maximum atomic E-state index is 12.1. The van der Waals surface area contributed by atoms with Crippen molar-refractivity contribution in [2.75, 3.05) is 12.8 Å². The van der Waals surface area contributed by atoms with Crippen LogP contribution in [-0.4, -0.2) is 18.7 Å². The lowest BCUT2D eigenvalue weighted by molar-refractivity contribution is -0.153. The van der Waals surface area contributed by atoms with Crippen LogP contribution in [0.4, 0.5) is 0 Å². The SMILES string of the molecule is CCC(C)(C)C(=O)OCCP(c1ccccc1)c1ccccc1. The van der Waals surface area contributed by atoms with Crippen LogP contribution in [0.25, 0.3) is 0 Å². The van der Waals surface area contributed by atoms with Gasteiger partial charge in [0.25, 0.3) is 0 Å². The molecule has 0 saturated carbocycles. The summed E-state index contributed by atoms with van der Waals surface area (Å²) in [6, 6.07) is 21.0. The molecule has 0 aliphatic carbocycles. The van der Waals surface area contributed by atoms with Crippen molar-refractivity contribution in [2.45, 2.75) is 27.2 Å². The van der Waals surface area contributed by atoms with Gasteiger partial charge in [0.05, 0.1) is 12.0 Å². The van der Waals surface area contributed by atoms with Crippen LogP contribution in [0.3, 0.4) is 0 Å². The highest BCUT2D eigenvalue weighted by atomic mass is 31.1. The molecule has 0 fully saturated rings. The molecule has 0 spiro atoms. The Balaban J connectivity index is 2.07. The van der Waals surface area contributed by atoms with E-state index in [9.17, 15) is 4.79 Å². The van der Waals surface area contributed by atoms with Crippen LogP contribution in [0.2, 0.25) is 0 Å². The average Bonchev–Trinajstić information content (AvgIpc) is 2.60. The van der Waals surface area contributed by atoms with Gasteiger partial charge in [-0.3, -0.25) is 4.79 Å². The second kappa shape index (κ2) is 8.26. The van der Waals surface area contributed by atoms with Crippen molar-refractivity contribution in [3.05, 3.63) is 60.7 Å². The van der Waals surface area contributed by atoms with Crippen LogP contribution in [-0.2, 0) is 9.53 Å². The van der Waals surface area contributed by atoms with E-state index >= 15 is 0 Å². The molecular weight excluding hydrogens is 303 g/mol. The fraction of sp³-hybridized carbons (Fsp3) is 0.350. The first-order chi connectivity index (χ1) is 11.0. The predicted octanol–water partition coefficient (Wildman–Crippen LogP) is 4.10. The van der Waals surface area contributed by atoms with Crippen LogP contribution in [0.5, 0.6) is 0 Å².